The molecular formula is C17H18N6O2. The van der Waals surface area contributed by atoms with E-state index in [1.807, 2.05) is 19.3 Å². The van der Waals surface area contributed by atoms with Gasteiger partial charge in [0.2, 0.25) is 0 Å². The van der Waals surface area contributed by atoms with E-state index in [0.29, 0.717) is 5.65 Å². The van der Waals surface area contributed by atoms with Crippen LogP contribution in [0.3, 0.4) is 0 Å². The SMILES string of the molecule is C#CC(=O)N1CCCC1.Cn1cc(-c2cc3nccn3c(=O)[nH]2)cn1. The number of aromatic nitrogens is 5. The molecule has 3 aromatic rings. The Morgan fingerprint density at radius 1 is 1.36 bits per heavy atom. The minimum absolute atomic E-state index is 0.160. The van der Waals surface area contributed by atoms with Crippen LogP contribution in [0.4, 0.5) is 0 Å². The fraction of sp³-hybridized carbons (Fsp3) is 0.294. The van der Waals surface area contributed by atoms with Gasteiger partial charge in [-0.05, 0) is 18.8 Å². The maximum Gasteiger partial charge on any atom is 0.331 e. The van der Waals surface area contributed by atoms with Gasteiger partial charge < -0.3 is 9.88 Å². The molecule has 25 heavy (non-hydrogen) atoms. The van der Waals surface area contributed by atoms with E-state index in [2.05, 4.69) is 21.0 Å². The first-order valence-electron chi connectivity index (χ1n) is 7.89. The van der Waals surface area contributed by atoms with Crippen molar-refractivity contribution >= 4 is 11.6 Å². The van der Waals surface area contributed by atoms with Crippen LogP contribution in [-0.2, 0) is 11.8 Å². The van der Waals surface area contributed by atoms with Crippen molar-refractivity contribution in [2.24, 2.45) is 7.05 Å². The molecule has 4 heterocycles. The molecular weight excluding hydrogens is 320 g/mol. The van der Waals surface area contributed by atoms with Crippen LogP contribution in [0, 0.1) is 12.3 Å². The predicted molar refractivity (Wildman–Crippen MR) is 92.7 cm³/mol. The molecule has 8 heteroatoms. The number of likely N-dealkylation sites (tertiary alicyclic amines) is 1. The third kappa shape index (κ3) is 3.61. The molecule has 0 bridgehead atoms. The zero-order chi connectivity index (χ0) is 17.8. The maximum absolute atomic E-state index is 11.7. The van der Waals surface area contributed by atoms with Crippen LogP contribution in [0.25, 0.3) is 16.9 Å². The number of fused-ring (bicyclic) bond motifs is 1. The molecule has 0 spiro atoms. The minimum Gasteiger partial charge on any atom is -0.332 e. The van der Waals surface area contributed by atoms with Gasteiger partial charge in [-0.15, -0.1) is 6.42 Å². The summed E-state index contributed by atoms with van der Waals surface area (Å²) in [7, 11) is 1.83. The fourth-order valence-electron chi connectivity index (χ4n) is 2.66. The summed E-state index contributed by atoms with van der Waals surface area (Å²) in [5.74, 6) is 1.93. The Morgan fingerprint density at radius 2 is 2.12 bits per heavy atom. The molecule has 1 aliphatic rings. The summed E-state index contributed by atoms with van der Waals surface area (Å²) in [6, 6.07) is 1.82. The molecule has 1 saturated heterocycles. The number of carbonyl (C=O) groups excluding carboxylic acids is 1. The van der Waals surface area contributed by atoms with E-state index in [-0.39, 0.29) is 11.6 Å². The molecule has 1 fully saturated rings. The number of nitrogens with one attached hydrogen (secondary N) is 1. The first-order valence-corrected chi connectivity index (χ1v) is 7.89. The van der Waals surface area contributed by atoms with Crippen molar-refractivity contribution in [3.8, 4) is 23.6 Å². The van der Waals surface area contributed by atoms with Crippen molar-refractivity contribution in [1.29, 1.82) is 0 Å². The van der Waals surface area contributed by atoms with E-state index < -0.39 is 0 Å². The first kappa shape index (κ1) is 16.5. The highest BCUT2D eigenvalue weighted by Gasteiger charge is 2.14. The van der Waals surface area contributed by atoms with Gasteiger partial charge in [0.15, 0.2) is 0 Å². The van der Waals surface area contributed by atoms with Crippen LogP contribution in [-0.4, -0.2) is 48.0 Å². The van der Waals surface area contributed by atoms with Gasteiger partial charge in [-0.2, -0.15) is 5.10 Å². The Morgan fingerprint density at radius 3 is 2.76 bits per heavy atom. The average molecular weight is 338 g/mol. The molecule has 128 valence electrons. The molecule has 0 aromatic carbocycles. The Kier molecular flexibility index (Phi) is 4.66. The summed E-state index contributed by atoms with van der Waals surface area (Å²) < 4.78 is 3.14. The lowest BCUT2D eigenvalue weighted by atomic mass is 10.2. The van der Waals surface area contributed by atoms with Crippen LogP contribution in [0.5, 0.6) is 0 Å². The third-order valence-electron chi connectivity index (χ3n) is 3.94. The number of hydrogen-bond acceptors (Lipinski definition) is 4. The highest BCUT2D eigenvalue weighted by molar-refractivity contribution is 5.93. The van der Waals surface area contributed by atoms with E-state index in [0.717, 1.165) is 37.2 Å². The third-order valence-corrected chi connectivity index (χ3v) is 3.94. The quantitative estimate of drug-likeness (QED) is 0.661. The van der Waals surface area contributed by atoms with Gasteiger partial charge in [-0.1, -0.05) is 0 Å². The fourth-order valence-corrected chi connectivity index (χ4v) is 2.66. The lowest BCUT2D eigenvalue weighted by molar-refractivity contribution is -0.124. The predicted octanol–water partition coefficient (Wildman–Crippen LogP) is 0.665. The number of rotatable bonds is 1. The Hall–Kier alpha value is -3.34. The molecule has 0 saturated carbocycles. The van der Waals surface area contributed by atoms with Crippen molar-refractivity contribution in [3.05, 3.63) is 41.3 Å². The van der Waals surface area contributed by atoms with E-state index in [1.165, 1.54) is 4.40 Å². The molecule has 0 radical (unpaired) electrons. The largest absolute Gasteiger partial charge is 0.332 e. The van der Waals surface area contributed by atoms with Crippen LogP contribution in [0.1, 0.15) is 12.8 Å². The van der Waals surface area contributed by atoms with Crippen molar-refractivity contribution in [1.82, 2.24) is 29.0 Å². The summed E-state index contributed by atoms with van der Waals surface area (Å²) >= 11 is 0. The molecule has 1 aliphatic heterocycles. The summed E-state index contributed by atoms with van der Waals surface area (Å²) in [5.41, 5.74) is 2.01. The van der Waals surface area contributed by atoms with Crippen molar-refractivity contribution < 1.29 is 4.79 Å². The number of terminal acetylenes is 1. The van der Waals surface area contributed by atoms with E-state index in [1.54, 1.807) is 28.2 Å². The number of nitrogens with zero attached hydrogens (tertiary/aromatic N) is 5. The second kappa shape index (κ2) is 7.05. The standard InChI is InChI=1S/C10H9N5O.C7H9NO/c1-14-6-7(5-12-14)8-4-9-11-2-3-15(9)10(16)13-8;1-2-7(9)8-5-3-4-6-8/h2-6H,1H3,(H,13,16);1H,3-6H2. The second-order valence-corrected chi connectivity index (χ2v) is 5.69. The van der Waals surface area contributed by atoms with Crippen LogP contribution in [0.15, 0.2) is 35.6 Å². The normalized spacial score (nSPS) is 13.4. The van der Waals surface area contributed by atoms with Gasteiger partial charge in [-0.25, -0.2) is 9.78 Å². The number of carbonyl (C=O) groups is 1. The van der Waals surface area contributed by atoms with Crippen LogP contribution >= 0.6 is 0 Å². The zero-order valence-electron chi connectivity index (χ0n) is 13.8. The smallest absolute Gasteiger partial charge is 0.331 e. The Bertz CT molecular complexity index is 984. The van der Waals surface area contributed by atoms with Gasteiger partial charge in [0.25, 0.3) is 5.91 Å². The van der Waals surface area contributed by atoms with Crippen molar-refractivity contribution in [2.45, 2.75) is 12.8 Å². The average Bonchev–Trinajstić information content (AvgIpc) is 3.35. The molecule has 3 aromatic heterocycles. The van der Waals surface area contributed by atoms with Gasteiger partial charge in [-0.3, -0.25) is 13.9 Å². The summed E-state index contributed by atoms with van der Waals surface area (Å²) in [4.78, 5) is 31.0. The number of aryl methyl sites for hydroxylation is 1. The van der Waals surface area contributed by atoms with E-state index in [9.17, 15) is 9.59 Å². The maximum atomic E-state index is 11.7. The topological polar surface area (TPSA) is 88.3 Å². The minimum atomic E-state index is -0.200. The molecule has 1 amide bonds. The van der Waals surface area contributed by atoms with Crippen molar-refractivity contribution in [3.63, 3.8) is 0 Å². The van der Waals surface area contributed by atoms with E-state index in [4.69, 9.17) is 6.42 Å². The molecule has 1 N–H and O–H groups in total. The summed E-state index contributed by atoms with van der Waals surface area (Å²) in [6.45, 7) is 1.70. The molecule has 0 aliphatic carbocycles. The number of imidazole rings is 1. The van der Waals surface area contributed by atoms with Crippen LogP contribution in [0.2, 0.25) is 0 Å². The second-order valence-electron chi connectivity index (χ2n) is 5.69. The van der Waals surface area contributed by atoms with Gasteiger partial charge in [0.05, 0.1) is 11.9 Å². The Labute approximate surface area is 144 Å². The summed E-state index contributed by atoms with van der Waals surface area (Å²) in [5, 5.41) is 4.06. The zero-order valence-corrected chi connectivity index (χ0v) is 13.8. The molecule has 0 unspecified atom stereocenters. The highest BCUT2D eigenvalue weighted by Crippen LogP contribution is 2.14. The Balaban J connectivity index is 0.000000173. The molecule has 0 atom stereocenters. The number of aromatic amines is 1. The lowest BCUT2D eigenvalue weighted by Gasteiger charge is -2.08. The summed E-state index contributed by atoms with van der Waals surface area (Å²) in [6.07, 6.45) is 13.9. The van der Waals surface area contributed by atoms with Crippen molar-refractivity contribution in [2.75, 3.05) is 13.1 Å². The van der Waals surface area contributed by atoms with Gasteiger partial charge >= 0.3 is 5.69 Å². The monoisotopic (exact) mass is 338 g/mol. The van der Waals surface area contributed by atoms with Gasteiger partial charge in [0.1, 0.15) is 5.65 Å². The number of hydrogen-bond donors (Lipinski definition) is 1. The van der Waals surface area contributed by atoms with Crippen LogP contribution < -0.4 is 5.69 Å². The highest BCUT2D eigenvalue weighted by atomic mass is 16.2. The van der Waals surface area contributed by atoms with Gasteiger partial charge in [0, 0.05) is 50.4 Å². The molecule has 4 rings (SSSR count). The van der Waals surface area contributed by atoms with E-state index >= 15 is 0 Å². The molecule has 8 nitrogen and oxygen atoms in total. The first-order chi connectivity index (χ1) is 12.1. The lowest BCUT2D eigenvalue weighted by Crippen LogP contribution is -2.25. The number of H-pyrrole nitrogens is 1. The number of amides is 1.